The van der Waals surface area contributed by atoms with Gasteiger partial charge in [0.25, 0.3) is 20.0 Å². The lowest BCUT2D eigenvalue weighted by Crippen LogP contribution is -2.44. The molecule has 8 rings (SSSR count). The van der Waals surface area contributed by atoms with Crippen molar-refractivity contribution < 1.29 is 72.1 Å². The van der Waals surface area contributed by atoms with Crippen molar-refractivity contribution in [3.63, 3.8) is 0 Å². The molecule has 2 unspecified atom stereocenters. The Labute approximate surface area is 465 Å². The number of nitrogens with zero attached hydrogens (tertiary/aromatic N) is 2. The van der Waals surface area contributed by atoms with Gasteiger partial charge in [-0.2, -0.15) is 0 Å². The van der Waals surface area contributed by atoms with Crippen LogP contribution in [0.1, 0.15) is 31.9 Å². The number of aliphatic carboxylic acids is 1. The molecule has 0 aliphatic heterocycles. The van der Waals surface area contributed by atoms with Crippen molar-refractivity contribution in [2.24, 2.45) is 0 Å². The second-order valence-corrected chi connectivity index (χ2v) is 25.5. The Kier molecular flexibility index (Phi) is 18.5. The first kappa shape index (κ1) is 59.5. The third-order valence-corrected chi connectivity index (χ3v) is 20.1. The highest BCUT2D eigenvalue weighted by atomic mass is 32.2. The standard InChI is InChI=1S/C30H31NO8S2.C28H27NO8S2/c1-5-39-30(32)21(2)31(41(35,36)26-17-13-24(38-4)14-18-26)29-19-10-22(27-8-6-7-9-28(27)29)20-40(33,34)25-15-11-23(37-3)12-16-25;1-19(28(30)31)29(39(34,35)24-15-11-22(37-3)12-16-24)27-17-8-20(25-6-4-5-7-26(25)27)18-38(32,33)23-13-9-21(36-2)10-14-23/h6-19,21H,5,20H2,1-4H3;4-17,19H,18H2,1-3H3,(H,30,31). The van der Waals surface area contributed by atoms with E-state index in [9.17, 15) is 48.4 Å². The maximum atomic E-state index is 14.0. The Hall–Kier alpha value is -8.18. The van der Waals surface area contributed by atoms with Gasteiger partial charge < -0.3 is 28.8 Å². The lowest BCUT2D eigenvalue weighted by molar-refractivity contribution is -0.144. The summed E-state index contributed by atoms with van der Waals surface area (Å²) < 4.78 is 136. The number of methoxy groups -OCH3 is 4. The summed E-state index contributed by atoms with van der Waals surface area (Å²) in [6, 6.07) is 40.6. The van der Waals surface area contributed by atoms with Crippen LogP contribution in [0.5, 0.6) is 23.0 Å². The minimum absolute atomic E-state index is 0.0512. The smallest absolute Gasteiger partial charge is 0.329 e. The third kappa shape index (κ3) is 12.8. The first-order chi connectivity index (χ1) is 38.0. The number of carbonyl (C=O) groups excluding carboxylic acids is 1. The highest BCUT2D eigenvalue weighted by Gasteiger charge is 2.37. The van der Waals surface area contributed by atoms with Gasteiger partial charge in [-0.1, -0.05) is 60.7 Å². The quantitative estimate of drug-likeness (QED) is 0.0658. The largest absolute Gasteiger partial charge is 0.497 e. The van der Waals surface area contributed by atoms with Crippen molar-refractivity contribution in [2.45, 2.75) is 63.9 Å². The van der Waals surface area contributed by atoms with E-state index in [1.165, 1.54) is 133 Å². The number of fused-ring (bicyclic) bond motifs is 2. The number of rotatable bonds is 21. The molecule has 0 aliphatic rings. The molecule has 0 aromatic heterocycles. The summed E-state index contributed by atoms with van der Waals surface area (Å²) in [7, 11) is -10.2. The van der Waals surface area contributed by atoms with E-state index in [1.807, 2.05) is 0 Å². The summed E-state index contributed by atoms with van der Waals surface area (Å²) in [6.45, 7) is 4.44. The second kappa shape index (κ2) is 24.9. The number of sulfonamides is 2. The zero-order valence-electron chi connectivity index (χ0n) is 44.5. The van der Waals surface area contributed by atoms with Crippen LogP contribution in [-0.4, -0.2) is 97.8 Å². The van der Waals surface area contributed by atoms with E-state index in [1.54, 1.807) is 85.8 Å². The zero-order chi connectivity index (χ0) is 58.2. The Bertz CT molecular complexity index is 3990. The summed E-state index contributed by atoms with van der Waals surface area (Å²) >= 11 is 0. The Morgan fingerprint density at radius 2 is 0.725 bits per heavy atom. The average Bonchev–Trinajstić information content (AvgIpc) is 3.65. The van der Waals surface area contributed by atoms with Crippen LogP contribution in [0.25, 0.3) is 21.5 Å². The van der Waals surface area contributed by atoms with E-state index < -0.39 is 63.7 Å². The van der Waals surface area contributed by atoms with Crippen LogP contribution in [-0.2, 0) is 65.6 Å². The minimum atomic E-state index is -4.35. The average molecular weight is 1170 g/mol. The number of carboxylic acids is 1. The molecule has 18 nitrogen and oxygen atoms in total. The van der Waals surface area contributed by atoms with E-state index in [-0.39, 0.29) is 49.1 Å². The molecule has 0 bridgehead atoms. The van der Waals surface area contributed by atoms with Crippen molar-refractivity contribution in [1.82, 2.24) is 0 Å². The molecule has 0 aliphatic carbocycles. The molecule has 0 amide bonds. The van der Waals surface area contributed by atoms with Gasteiger partial charge in [-0.05, 0) is 152 Å². The first-order valence-electron chi connectivity index (χ1n) is 24.5. The van der Waals surface area contributed by atoms with Crippen molar-refractivity contribution >= 4 is 84.6 Å². The van der Waals surface area contributed by atoms with Crippen molar-refractivity contribution in [3.8, 4) is 23.0 Å². The molecular formula is C58H58N2O16S4. The van der Waals surface area contributed by atoms with Crippen molar-refractivity contribution in [1.29, 1.82) is 0 Å². The van der Waals surface area contributed by atoms with Gasteiger partial charge in [0, 0.05) is 10.8 Å². The van der Waals surface area contributed by atoms with Crippen LogP contribution >= 0.6 is 0 Å². The molecule has 80 heavy (non-hydrogen) atoms. The number of anilines is 2. The Morgan fingerprint density at radius 3 is 1.02 bits per heavy atom. The number of carboxylic acid groups (broad SMARTS) is 1. The Morgan fingerprint density at radius 1 is 0.425 bits per heavy atom. The van der Waals surface area contributed by atoms with Crippen molar-refractivity contribution in [2.75, 3.05) is 43.7 Å². The van der Waals surface area contributed by atoms with Crippen molar-refractivity contribution in [3.05, 3.63) is 181 Å². The molecule has 22 heteroatoms. The lowest BCUT2D eigenvalue weighted by atomic mass is 10.0. The molecule has 0 saturated carbocycles. The number of hydrogen-bond donors (Lipinski definition) is 1. The zero-order valence-corrected chi connectivity index (χ0v) is 47.8. The normalized spacial score (nSPS) is 12.5. The van der Waals surface area contributed by atoms with Crippen LogP contribution in [0.15, 0.2) is 189 Å². The van der Waals surface area contributed by atoms with Crippen LogP contribution in [0.3, 0.4) is 0 Å². The maximum absolute atomic E-state index is 14.0. The number of carbonyl (C=O) groups is 2. The van der Waals surface area contributed by atoms with Gasteiger partial charge >= 0.3 is 11.9 Å². The highest BCUT2D eigenvalue weighted by Crippen LogP contribution is 2.39. The molecule has 0 radical (unpaired) electrons. The minimum Gasteiger partial charge on any atom is -0.497 e. The van der Waals surface area contributed by atoms with Gasteiger partial charge in [0.15, 0.2) is 19.7 Å². The molecule has 0 saturated heterocycles. The number of ether oxygens (including phenoxy) is 5. The molecule has 0 fully saturated rings. The van der Waals surface area contributed by atoms with Gasteiger partial charge in [0.2, 0.25) is 0 Å². The van der Waals surface area contributed by atoms with Crippen LogP contribution < -0.4 is 27.6 Å². The van der Waals surface area contributed by atoms with Gasteiger partial charge in [-0.25, -0.2) is 43.3 Å². The molecule has 8 aromatic rings. The molecule has 420 valence electrons. The first-order valence-corrected chi connectivity index (χ1v) is 30.7. The van der Waals surface area contributed by atoms with E-state index in [4.69, 9.17) is 23.7 Å². The van der Waals surface area contributed by atoms with E-state index >= 15 is 0 Å². The lowest BCUT2D eigenvalue weighted by Gasteiger charge is -2.30. The summed E-state index contributed by atoms with van der Waals surface area (Å²) in [6.07, 6.45) is 0. The molecule has 8 aromatic carbocycles. The summed E-state index contributed by atoms with van der Waals surface area (Å²) in [5, 5.41) is 11.7. The van der Waals surface area contributed by atoms with Gasteiger partial charge in [0.05, 0.1) is 77.5 Å². The fourth-order valence-corrected chi connectivity index (χ4v) is 14.8. The summed E-state index contributed by atoms with van der Waals surface area (Å²) in [5.41, 5.74) is 1.24. The van der Waals surface area contributed by atoms with Gasteiger partial charge in [-0.3, -0.25) is 8.61 Å². The molecule has 0 heterocycles. The third-order valence-electron chi connectivity index (χ3n) is 12.9. The fourth-order valence-electron chi connectivity index (χ4n) is 8.74. The topological polar surface area (TPSA) is 244 Å². The maximum Gasteiger partial charge on any atom is 0.329 e. The monoisotopic (exact) mass is 1170 g/mol. The molecule has 0 spiro atoms. The molecule has 2 atom stereocenters. The summed E-state index contributed by atoms with van der Waals surface area (Å²) in [5.74, 6) is -0.760. The predicted molar refractivity (Wildman–Crippen MR) is 304 cm³/mol. The molecule has 1 N–H and O–H groups in total. The number of hydrogen-bond acceptors (Lipinski definition) is 15. The Balaban J connectivity index is 0.000000231. The van der Waals surface area contributed by atoms with Gasteiger partial charge in [-0.15, -0.1) is 0 Å². The predicted octanol–water partition coefficient (Wildman–Crippen LogP) is 9.48. The summed E-state index contributed by atoms with van der Waals surface area (Å²) in [4.78, 5) is 25.0. The molecular weight excluding hydrogens is 1110 g/mol. The van der Waals surface area contributed by atoms with E-state index in [0.29, 0.717) is 55.7 Å². The SMILES string of the molecule is CCOC(=O)C(C)N(c1ccc(CS(=O)(=O)c2ccc(OC)cc2)c2ccccc12)S(=O)(=O)c1ccc(OC)cc1.COc1ccc(S(=O)(=O)Cc2ccc(N(C(C)C(=O)O)S(=O)(=O)c3ccc(OC)cc3)c3ccccc23)cc1. The van der Waals surface area contributed by atoms with E-state index in [2.05, 4.69) is 0 Å². The van der Waals surface area contributed by atoms with E-state index in [0.717, 1.165) is 8.61 Å². The second-order valence-electron chi connectivity index (χ2n) is 17.8. The highest BCUT2D eigenvalue weighted by molar-refractivity contribution is 7.93. The van der Waals surface area contributed by atoms with Crippen LogP contribution in [0.4, 0.5) is 11.4 Å². The van der Waals surface area contributed by atoms with Crippen LogP contribution in [0, 0.1) is 0 Å². The fraction of sp³-hybridized carbons (Fsp3) is 0.207. The number of benzene rings is 8. The number of sulfone groups is 2. The number of esters is 1. The van der Waals surface area contributed by atoms with Crippen LogP contribution in [0.2, 0.25) is 0 Å². The van der Waals surface area contributed by atoms with Gasteiger partial charge in [0.1, 0.15) is 35.1 Å².